The number of hydrogen-bond acceptors (Lipinski definition) is 3. The maximum Gasteiger partial charge on any atom is 0.0772 e. The summed E-state index contributed by atoms with van der Waals surface area (Å²) in [6.45, 7) is 5.04. The third-order valence-electron chi connectivity index (χ3n) is 3.48. The number of ether oxygens (including phenoxy) is 2. The number of nitrogens with two attached hydrogens (primary N) is 1. The van der Waals surface area contributed by atoms with Crippen LogP contribution in [0.25, 0.3) is 0 Å². The van der Waals surface area contributed by atoms with E-state index in [0.717, 1.165) is 25.9 Å². The van der Waals surface area contributed by atoms with Crippen LogP contribution in [0.3, 0.4) is 0 Å². The number of rotatable bonds is 6. The molecule has 0 amide bonds. The third-order valence-corrected chi connectivity index (χ3v) is 3.48. The van der Waals surface area contributed by atoms with E-state index in [0.29, 0.717) is 6.10 Å². The molecule has 0 bridgehead atoms. The van der Waals surface area contributed by atoms with Crippen molar-refractivity contribution in [1.82, 2.24) is 0 Å². The fourth-order valence-electron chi connectivity index (χ4n) is 1.94. The lowest BCUT2D eigenvalue weighted by Crippen LogP contribution is -2.44. The molecule has 3 nitrogen and oxygen atoms in total. The Morgan fingerprint density at radius 2 is 2.27 bits per heavy atom. The molecule has 2 N–H and O–H groups in total. The molecule has 1 aliphatic heterocycles. The molecule has 2 atom stereocenters. The minimum absolute atomic E-state index is 0.115. The predicted octanol–water partition coefficient (Wildman–Crippen LogP) is 2.09. The number of methoxy groups -OCH3 is 1. The van der Waals surface area contributed by atoms with Gasteiger partial charge in [0.05, 0.1) is 11.7 Å². The molecule has 0 saturated carbocycles. The van der Waals surface area contributed by atoms with Crippen molar-refractivity contribution < 1.29 is 9.47 Å². The van der Waals surface area contributed by atoms with Gasteiger partial charge in [0.2, 0.25) is 0 Å². The van der Waals surface area contributed by atoms with E-state index in [4.69, 9.17) is 15.2 Å². The standard InChI is InChI=1S/C12H25NO2/c1-12(2,14-3)11(13)8-4-6-10-7-5-9-15-10/h10-11H,4-9,13H2,1-3H3. The summed E-state index contributed by atoms with van der Waals surface area (Å²) in [6, 6.07) is 0.115. The lowest BCUT2D eigenvalue weighted by atomic mass is 9.93. The Labute approximate surface area is 93.3 Å². The first-order valence-electron chi connectivity index (χ1n) is 5.98. The second kappa shape index (κ2) is 5.83. The minimum atomic E-state index is -0.212. The van der Waals surface area contributed by atoms with Crippen molar-refractivity contribution in [3.63, 3.8) is 0 Å². The van der Waals surface area contributed by atoms with Gasteiger partial charge in [0, 0.05) is 19.8 Å². The van der Waals surface area contributed by atoms with Crippen molar-refractivity contribution in [2.24, 2.45) is 5.73 Å². The topological polar surface area (TPSA) is 44.5 Å². The van der Waals surface area contributed by atoms with E-state index >= 15 is 0 Å². The normalized spacial score (nSPS) is 24.4. The zero-order valence-corrected chi connectivity index (χ0v) is 10.3. The van der Waals surface area contributed by atoms with E-state index in [1.807, 2.05) is 13.8 Å². The first-order valence-corrected chi connectivity index (χ1v) is 5.98. The molecule has 2 unspecified atom stereocenters. The highest BCUT2D eigenvalue weighted by Crippen LogP contribution is 2.21. The van der Waals surface area contributed by atoms with Crippen molar-refractivity contribution in [2.75, 3.05) is 13.7 Å². The molecule has 3 heteroatoms. The summed E-state index contributed by atoms with van der Waals surface area (Å²) >= 11 is 0. The van der Waals surface area contributed by atoms with E-state index < -0.39 is 0 Å². The van der Waals surface area contributed by atoms with Crippen LogP contribution in [-0.4, -0.2) is 31.5 Å². The predicted molar refractivity (Wildman–Crippen MR) is 61.9 cm³/mol. The Morgan fingerprint density at radius 3 is 2.80 bits per heavy atom. The van der Waals surface area contributed by atoms with E-state index in [2.05, 4.69) is 0 Å². The van der Waals surface area contributed by atoms with Gasteiger partial charge in [-0.15, -0.1) is 0 Å². The molecular formula is C12H25NO2. The highest BCUT2D eigenvalue weighted by molar-refractivity contribution is 4.82. The van der Waals surface area contributed by atoms with Gasteiger partial charge in [-0.1, -0.05) is 0 Å². The Balaban J connectivity index is 2.13. The smallest absolute Gasteiger partial charge is 0.0772 e. The minimum Gasteiger partial charge on any atom is -0.378 e. The van der Waals surface area contributed by atoms with Gasteiger partial charge in [0.15, 0.2) is 0 Å². The Kier molecular flexibility index (Phi) is 5.03. The van der Waals surface area contributed by atoms with E-state index in [1.165, 1.54) is 12.8 Å². The molecule has 1 heterocycles. The van der Waals surface area contributed by atoms with Gasteiger partial charge >= 0.3 is 0 Å². The van der Waals surface area contributed by atoms with Gasteiger partial charge in [0.1, 0.15) is 0 Å². The van der Waals surface area contributed by atoms with Crippen molar-refractivity contribution in [1.29, 1.82) is 0 Å². The van der Waals surface area contributed by atoms with Crippen LogP contribution in [0.4, 0.5) is 0 Å². The third kappa shape index (κ3) is 4.09. The van der Waals surface area contributed by atoms with Gasteiger partial charge in [0.25, 0.3) is 0 Å². The van der Waals surface area contributed by atoms with Gasteiger partial charge in [-0.3, -0.25) is 0 Å². The van der Waals surface area contributed by atoms with Crippen LogP contribution >= 0.6 is 0 Å². The summed E-state index contributed by atoms with van der Waals surface area (Å²) in [7, 11) is 1.72. The highest BCUT2D eigenvalue weighted by atomic mass is 16.5. The quantitative estimate of drug-likeness (QED) is 0.738. The second-order valence-corrected chi connectivity index (χ2v) is 4.98. The molecule has 0 aromatic rings. The molecule has 0 aliphatic carbocycles. The van der Waals surface area contributed by atoms with E-state index in [1.54, 1.807) is 7.11 Å². The SMILES string of the molecule is COC(C)(C)C(N)CCCC1CCCO1. The summed E-state index contributed by atoms with van der Waals surface area (Å²) < 4.78 is 10.9. The molecule has 90 valence electrons. The second-order valence-electron chi connectivity index (χ2n) is 4.98. The molecular weight excluding hydrogens is 190 g/mol. The maximum absolute atomic E-state index is 6.08. The molecule has 0 aromatic heterocycles. The summed E-state index contributed by atoms with van der Waals surface area (Å²) in [6.07, 6.45) is 6.23. The average molecular weight is 215 g/mol. The largest absolute Gasteiger partial charge is 0.378 e. The monoisotopic (exact) mass is 215 g/mol. The zero-order valence-electron chi connectivity index (χ0n) is 10.3. The molecule has 0 radical (unpaired) electrons. The first-order chi connectivity index (χ1) is 7.06. The van der Waals surface area contributed by atoms with Gasteiger partial charge in [-0.05, 0) is 46.0 Å². The van der Waals surface area contributed by atoms with E-state index in [-0.39, 0.29) is 11.6 Å². The van der Waals surface area contributed by atoms with Crippen LogP contribution in [0.2, 0.25) is 0 Å². The summed E-state index contributed by atoms with van der Waals surface area (Å²) in [4.78, 5) is 0. The average Bonchev–Trinajstić information content (AvgIpc) is 2.70. The summed E-state index contributed by atoms with van der Waals surface area (Å²) in [5.74, 6) is 0. The fourth-order valence-corrected chi connectivity index (χ4v) is 1.94. The lowest BCUT2D eigenvalue weighted by molar-refractivity contribution is -0.00309. The fraction of sp³-hybridized carbons (Fsp3) is 1.00. The molecule has 0 aromatic carbocycles. The van der Waals surface area contributed by atoms with Crippen molar-refractivity contribution in [2.45, 2.75) is 63.7 Å². The van der Waals surface area contributed by atoms with Crippen molar-refractivity contribution >= 4 is 0 Å². The Morgan fingerprint density at radius 1 is 1.53 bits per heavy atom. The molecule has 1 fully saturated rings. The zero-order chi connectivity index (χ0) is 11.3. The van der Waals surface area contributed by atoms with Gasteiger partial charge in [-0.25, -0.2) is 0 Å². The first kappa shape index (κ1) is 12.9. The maximum atomic E-state index is 6.08. The molecule has 0 spiro atoms. The van der Waals surface area contributed by atoms with Gasteiger partial charge in [-0.2, -0.15) is 0 Å². The molecule has 15 heavy (non-hydrogen) atoms. The molecule has 1 rings (SSSR count). The summed E-state index contributed by atoms with van der Waals surface area (Å²) in [5.41, 5.74) is 5.87. The van der Waals surface area contributed by atoms with Crippen LogP contribution in [0, 0.1) is 0 Å². The molecule has 1 saturated heterocycles. The number of hydrogen-bond donors (Lipinski definition) is 1. The lowest BCUT2D eigenvalue weighted by Gasteiger charge is -2.30. The van der Waals surface area contributed by atoms with Crippen LogP contribution in [0.5, 0.6) is 0 Å². The van der Waals surface area contributed by atoms with Crippen LogP contribution < -0.4 is 5.73 Å². The van der Waals surface area contributed by atoms with Crippen LogP contribution in [0.1, 0.15) is 46.0 Å². The van der Waals surface area contributed by atoms with Crippen molar-refractivity contribution in [3.05, 3.63) is 0 Å². The van der Waals surface area contributed by atoms with Crippen LogP contribution in [0.15, 0.2) is 0 Å². The Bertz CT molecular complexity index is 176. The van der Waals surface area contributed by atoms with Crippen molar-refractivity contribution in [3.8, 4) is 0 Å². The Hall–Kier alpha value is -0.120. The molecule has 1 aliphatic rings. The summed E-state index contributed by atoms with van der Waals surface area (Å²) in [5, 5.41) is 0. The van der Waals surface area contributed by atoms with Crippen LogP contribution in [-0.2, 0) is 9.47 Å². The van der Waals surface area contributed by atoms with Gasteiger partial charge < -0.3 is 15.2 Å². The highest BCUT2D eigenvalue weighted by Gasteiger charge is 2.25. The van der Waals surface area contributed by atoms with E-state index in [9.17, 15) is 0 Å².